The van der Waals surface area contributed by atoms with Crippen LogP contribution in [0.2, 0.25) is 0 Å². The van der Waals surface area contributed by atoms with Gasteiger partial charge in [-0.15, -0.1) is 5.43 Å². The Bertz CT molecular complexity index is 150. The molecule has 63 valence electrons. The first-order valence-electron chi connectivity index (χ1n) is 3.29. The third-order valence-corrected chi connectivity index (χ3v) is 0.891. The van der Waals surface area contributed by atoms with Gasteiger partial charge in [0.2, 0.25) is 0 Å². The Morgan fingerprint density at radius 2 is 2.18 bits per heavy atom. The molecular weight excluding hydrogens is 151 g/mol. The van der Waals surface area contributed by atoms with Crippen LogP contribution >= 0.6 is 0 Å². The number of nitrogens with zero attached hydrogens (tertiary/aromatic N) is 1. The molecule has 0 saturated heterocycles. The summed E-state index contributed by atoms with van der Waals surface area (Å²) in [7, 11) is 0. The summed E-state index contributed by atoms with van der Waals surface area (Å²) in [5, 5.41) is 0. The molecule has 0 fully saturated rings. The molecule has 0 saturated carbocycles. The van der Waals surface area contributed by atoms with E-state index in [4.69, 9.17) is 0 Å². The van der Waals surface area contributed by atoms with Gasteiger partial charge >= 0.3 is 0 Å². The molecule has 0 bridgehead atoms. The van der Waals surface area contributed by atoms with E-state index in [0.717, 1.165) is 0 Å². The minimum Gasteiger partial charge on any atom is -0.271 e. The van der Waals surface area contributed by atoms with Crippen LogP contribution in [0, 0.1) is 0 Å². The zero-order valence-electron chi connectivity index (χ0n) is 6.26. The summed E-state index contributed by atoms with van der Waals surface area (Å²) in [5.41, 5.74) is 4.88. The van der Waals surface area contributed by atoms with Gasteiger partial charge in [0.15, 0.2) is 6.67 Å². The van der Waals surface area contributed by atoms with Crippen LogP contribution in [-0.2, 0) is 9.59 Å². The molecule has 0 aromatic rings. The fraction of sp³-hybridized carbons (Fsp3) is 0.667. The first kappa shape index (κ1) is 9.87. The van der Waals surface area contributed by atoms with Crippen molar-refractivity contribution in [1.82, 2.24) is 10.9 Å². The van der Waals surface area contributed by atoms with E-state index < -0.39 is 18.5 Å². The highest BCUT2D eigenvalue weighted by atomic mass is 19.1. The van der Waals surface area contributed by atoms with Crippen LogP contribution in [-0.4, -0.2) is 18.5 Å². The lowest BCUT2D eigenvalue weighted by Gasteiger charge is -1.98. The third kappa shape index (κ3) is 5.32. The fourth-order valence-electron chi connectivity index (χ4n) is 0.424. The molecular formula is C6H10FN2O2. The van der Waals surface area contributed by atoms with Gasteiger partial charge in [0, 0.05) is 6.42 Å². The van der Waals surface area contributed by atoms with Crippen LogP contribution in [0.1, 0.15) is 19.8 Å². The second-order valence-electron chi connectivity index (χ2n) is 1.92. The van der Waals surface area contributed by atoms with Crippen molar-refractivity contribution in [3.05, 3.63) is 0 Å². The molecule has 0 aromatic carbocycles. The van der Waals surface area contributed by atoms with E-state index in [-0.39, 0.29) is 6.42 Å². The summed E-state index contributed by atoms with van der Waals surface area (Å²) in [6, 6.07) is 0. The zero-order chi connectivity index (χ0) is 8.69. The largest absolute Gasteiger partial charge is 0.271 e. The summed E-state index contributed by atoms with van der Waals surface area (Å²) < 4.78 is 11.4. The lowest BCUT2D eigenvalue weighted by atomic mass is 10.3. The zero-order valence-corrected chi connectivity index (χ0v) is 6.26. The van der Waals surface area contributed by atoms with Crippen molar-refractivity contribution < 1.29 is 14.0 Å². The standard InChI is InChI=1S/C6H10FN2O2/c1-2-3-5(10)8-9-6(11)4-7/h2-4H2,1H3,(H,9,11). The quantitative estimate of drug-likeness (QED) is 0.588. The number of rotatable bonds is 3. The fourth-order valence-corrected chi connectivity index (χ4v) is 0.424. The molecule has 0 unspecified atom stereocenters. The molecule has 0 aliphatic carbocycles. The summed E-state index contributed by atoms with van der Waals surface area (Å²) in [6.07, 6.45) is 0.931. The van der Waals surface area contributed by atoms with Crippen molar-refractivity contribution >= 4 is 11.8 Å². The topological polar surface area (TPSA) is 60.3 Å². The van der Waals surface area contributed by atoms with E-state index in [9.17, 15) is 14.0 Å². The Morgan fingerprint density at radius 1 is 1.55 bits per heavy atom. The summed E-state index contributed by atoms with van der Waals surface area (Å²) >= 11 is 0. The first-order valence-corrected chi connectivity index (χ1v) is 3.29. The number of amides is 2. The monoisotopic (exact) mass is 161 g/mol. The maximum atomic E-state index is 11.4. The van der Waals surface area contributed by atoms with Crippen LogP contribution in [0.5, 0.6) is 0 Å². The average Bonchev–Trinajstić information content (AvgIpc) is 2.01. The molecule has 0 heterocycles. The lowest BCUT2D eigenvalue weighted by Crippen LogP contribution is -2.36. The molecule has 0 aliphatic heterocycles. The molecule has 2 amide bonds. The normalized spacial score (nSPS) is 8.91. The van der Waals surface area contributed by atoms with Crippen molar-refractivity contribution in [3.63, 3.8) is 0 Å². The summed E-state index contributed by atoms with van der Waals surface area (Å²) in [6.45, 7) is 0.660. The lowest BCUT2D eigenvalue weighted by molar-refractivity contribution is -0.129. The van der Waals surface area contributed by atoms with Gasteiger partial charge in [0.25, 0.3) is 11.8 Å². The maximum absolute atomic E-state index is 11.4. The van der Waals surface area contributed by atoms with Crippen molar-refractivity contribution in [2.24, 2.45) is 0 Å². The second kappa shape index (κ2) is 5.64. The number of hydrogen-bond acceptors (Lipinski definition) is 2. The Labute approximate surface area is 64.1 Å². The highest BCUT2D eigenvalue weighted by Crippen LogP contribution is 1.84. The second-order valence-corrected chi connectivity index (χ2v) is 1.92. The molecule has 5 heteroatoms. The summed E-state index contributed by atoms with van der Waals surface area (Å²) in [5.74, 6) is -1.33. The Balaban J connectivity index is 3.38. The van der Waals surface area contributed by atoms with E-state index in [2.05, 4.69) is 5.43 Å². The van der Waals surface area contributed by atoms with Gasteiger partial charge in [-0.25, -0.2) is 9.82 Å². The van der Waals surface area contributed by atoms with Gasteiger partial charge in [-0.2, -0.15) is 0 Å². The molecule has 11 heavy (non-hydrogen) atoms. The van der Waals surface area contributed by atoms with E-state index in [1.165, 1.54) is 0 Å². The van der Waals surface area contributed by atoms with Gasteiger partial charge in [-0.05, 0) is 6.42 Å². The molecule has 1 N–H and O–H groups in total. The van der Waals surface area contributed by atoms with Crippen LogP contribution in [0.25, 0.3) is 0 Å². The molecule has 0 rings (SSSR count). The number of carbonyl (C=O) groups is 2. The number of alkyl halides is 1. The molecule has 0 atom stereocenters. The molecule has 4 nitrogen and oxygen atoms in total. The van der Waals surface area contributed by atoms with Gasteiger partial charge in [0.1, 0.15) is 0 Å². The predicted molar refractivity (Wildman–Crippen MR) is 36.2 cm³/mol. The minimum atomic E-state index is -1.15. The van der Waals surface area contributed by atoms with Crippen molar-refractivity contribution in [1.29, 1.82) is 0 Å². The Morgan fingerprint density at radius 3 is 2.64 bits per heavy atom. The number of halogens is 1. The number of carbonyl (C=O) groups excluding carboxylic acids is 2. The first-order chi connectivity index (χ1) is 5.20. The minimum absolute atomic E-state index is 0.270. The van der Waals surface area contributed by atoms with Gasteiger partial charge in [-0.3, -0.25) is 9.59 Å². The Hall–Kier alpha value is -1.13. The summed E-state index contributed by atoms with van der Waals surface area (Å²) in [4.78, 5) is 20.7. The maximum Gasteiger partial charge on any atom is 0.271 e. The van der Waals surface area contributed by atoms with Crippen LogP contribution in [0.3, 0.4) is 0 Å². The average molecular weight is 161 g/mol. The van der Waals surface area contributed by atoms with E-state index in [1.807, 2.05) is 6.92 Å². The smallest absolute Gasteiger partial charge is 0.271 e. The molecule has 1 radical (unpaired) electrons. The van der Waals surface area contributed by atoms with Crippen molar-refractivity contribution in [3.8, 4) is 0 Å². The van der Waals surface area contributed by atoms with Gasteiger partial charge in [0.05, 0.1) is 0 Å². The number of hydrogen-bond donors (Lipinski definition) is 1. The SMILES string of the molecule is CCCC(=O)[N]NC(=O)CF. The van der Waals surface area contributed by atoms with E-state index in [0.29, 0.717) is 6.42 Å². The Kier molecular flexibility index (Phi) is 5.06. The predicted octanol–water partition coefficient (Wildman–Crippen LogP) is -0.0818. The highest BCUT2D eigenvalue weighted by Gasteiger charge is 2.03. The van der Waals surface area contributed by atoms with Crippen molar-refractivity contribution in [2.45, 2.75) is 19.8 Å². The van der Waals surface area contributed by atoms with Crippen LogP contribution < -0.4 is 10.9 Å². The third-order valence-electron chi connectivity index (χ3n) is 0.891. The van der Waals surface area contributed by atoms with Gasteiger partial charge < -0.3 is 0 Å². The van der Waals surface area contributed by atoms with E-state index in [1.54, 1.807) is 5.43 Å². The molecule has 0 spiro atoms. The number of nitrogens with one attached hydrogen (secondary N) is 1. The van der Waals surface area contributed by atoms with Gasteiger partial charge in [-0.1, -0.05) is 6.92 Å². The molecule has 0 aliphatic rings. The highest BCUT2D eigenvalue weighted by molar-refractivity contribution is 5.82. The van der Waals surface area contributed by atoms with Crippen LogP contribution in [0.15, 0.2) is 0 Å². The van der Waals surface area contributed by atoms with Crippen LogP contribution in [0.4, 0.5) is 4.39 Å². The van der Waals surface area contributed by atoms with E-state index >= 15 is 0 Å². The van der Waals surface area contributed by atoms with Crippen molar-refractivity contribution in [2.75, 3.05) is 6.67 Å². The molecule has 0 aromatic heterocycles.